The summed E-state index contributed by atoms with van der Waals surface area (Å²) in [6.07, 6.45) is 1.15. The van der Waals surface area contributed by atoms with Crippen molar-refractivity contribution in [3.63, 3.8) is 0 Å². The highest BCUT2D eigenvalue weighted by atomic mass is 79.9. The van der Waals surface area contributed by atoms with Crippen LogP contribution < -0.4 is 10.6 Å². The molecule has 3 aliphatic rings. The van der Waals surface area contributed by atoms with Gasteiger partial charge in [0, 0.05) is 21.5 Å². The summed E-state index contributed by atoms with van der Waals surface area (Å²) in [5, 5.41) is 16.4. The molecule has 2 bridgehead atoms. The first-order chi connectivity index (χ1) is 18.6. The molecule has 7 nitrogen and oxygen atoms in total. The van der Waals surface area contributed by atoms with Gasteiger partial charge in [0.2, 0.25) is 17.7 Å². The Balaban J connectivity index is 1.55. The van der Waals surface area contributed by atoms with Gasteiger partial charge in [0.05, 0.1) is 29.2 Å². The maximum absolute atomic E-state index is 14.3. The van der Waals surface area contributed by atoms with Gasteiger partial charge in [0.1, 0.15) is 6.04 Å². The molecule has 3 saturated heterocycles. The number of amides is 3. The average Bonchev–Trinajstić information content (AvgIpc) is 3.48. The van der Waals surface area contributed by atoms with Crippen LogP contribution in [0.25, 0.3) is 0 Å². The number of aliphatic hydroxyl groups is 1. The minimum Gasteiger partial charge on any atom is -0.394 e. The SMILES string of the molecule is Cc1ccc(C)c(NC(=O)C2N([C@@H](CO)CC(C)C)C(=O)[C@@H]3[C@H](C(=O)Nc4ccccc4)[C@H]4SC23CC4Br)c1. The van der Waals surface area contributed by atoms with E-state index in [1.54, 1.807) is 16.7 Å². The Morgan fingerprint density at radius 2 is 1.85 bits per heavy atom. The summed E-state index contributed by atoms with van der Waals surface area (Å²) in [6, 6.07) is 13.8. The molecular formula is C30H36BrN3O4S. The Hall–Kier alpha value is -2.36. The van der Waals surface area contributed by atoms with Crippen LogP contribution in [-0.4, -0.2) is 61.2 Å². The number of aryl methyl sites for hydroxylation is 2. The van der Waals surface area contributed by atoms with Gasteiger partial charge in [-0.3, -0.25) is 14.4 Å². The van der Waals surface area contributed by atoms with Gasteiger partial charge < -0.3 is 20.6 Å². The predicted molar refractivity (Wildman–Crippen MR) is 159 cm³/mol. The molecule has 3 fully saturated rings. The van der Waals surface area contributed by atoms with Crippen molar-refractivity contribution in [1.29, 1.82) is 0 Å². The smallest absolute Gasteiger partial charge is 0.248 e. The van der Waals surface area contributed by atoms with E-state index in [-0.39, 0.29) is 40.3 Å². The second kappa shape index (κ2) is 10.9. The van der Waals surface area contributed by atoms with Crippen molar-refractivity contribution in [1.82, 2.24) is 4.90 Å². The summed E-state index contributed by atoms with van der Waals surface area (Å²) < 4.78 is -0.777. The number of thioether (sulfide) groups is 1. The summed E-state index contributed by atoms with van der Waals surface area (Å²) in [5.41, 5.74) is 3.34. The minimum absolute atomic E-state index is 0.0216. The van der Waals surface area contributed by atoms with E-state index in [0.29, 0.717) is 24.2 Å². The number of nitrogens with one attached hydrogen (secondary N) is 2. The van der Waals surface area contributed by atoms with Crippen LogP contribution in [0.1, 0.15) is 37.8 Å². The van der Waals surface area contributed by atoms with E-state index >= 15 is 0 Å². The van der Waals surface area contributed by atoms with E-state index < -0.39 is 28.7 Å². The van der Waals surface area contributed by atoms with E-state index in [1.165, 1.54) is 0 Å². The van der Waals surface area contributed by atoms with Gasteiger partial charge in [-0.05, 0) is 61.9 Å². The maximum atomic E-state index is 14.3. The third-order valence-corrected chi connectivity index (χ3v) is 11.5. The predicted octanol–water partition coefficient (Wildman–Crippen LogP) is 4.75. The highest BCUT2D eigenvalue weighted by Crippen LogP contribution is 2.68. The van der Waals surface area contributed by atoms with Crippen LogP contribution in [0.4, 0.5) is 11.4 Å². The second-order valence-corrected chi connectivity index (χ2v) is 14.3. The molecular weight excluding hydrogens is 578 g/mol. The summed E-state index contributed by atoms with van der Waals surface area (Å²) in [4.78, 5) is 43.9. The number of hydrogen-bond donors (Lipinski definition) is 3. The molecule has 2 aromatic carbocycles. The molecule has 3 amide bonds. The molecule has 2 aromatic rings. The Bertz CT molecular complexity index is 1270. The van der Waals surface area contributed by atoms with Gasteiger partial charge in [-0.2, -0.15) is 0 Å². The molecule has 0 saturated carbocycles. The van der Waals surface area contributed by atoms with E-state index in [2.05, 4.69) is 26.6 Å². The number of likely N-dealkylation sites (tertiary alicyclic amines) is 1. The topological polar surface area (TPSA) is 98.7 Å². The summed E-state index contributed by atoms with van der Waals surface area (Å²) in [7, 11) is 0. The van der Waals surface area contributed by atoms with Crippen LogP contribution >= 0.6 is 27.7 Å². The number of benzene rings is 2. The number of hydrogen-bond acceptors (Lipinski definition) is 5. The Kier molecular flexibility index (Phi) is 7.87. The normalized spacial score (nSPS) is 30.0. The largest absolute Gasteiger partial charge is 0.394 e. The molecule has 0 aliphatic carbocycles. The third-order valence-electron chi connectivity index (χ3n) is 8.32. The van der Waals surface area contributed by atoms with Gasteiger partial charge in [0.25, 0.3) is 0 Å². The molecule has 1 spiro atoms. The molecule has 9 heteroatoms. The number of rotatable bonds is 8. The average molecular weight is 615 g/mol. The number of fused-ring (bicyclic) bond motifs is 1. The highest BCUT2D eigenvalue weighted by Gasteiger charge is 2.76. The molecule has 208 valence electrons. The van der Waals surface area contributed by atoms with Gasteiger partial charge in [-0.15, -0.1) is 11.8 Å². The number of para-hydroxylation sites is 1. The monoisotopic (exact) mass is 613 g/mol. The van der Waals surface area contributed by atoms with Crippen LogP contribution in [-0.2, 0) is 14.4 Å². The van der Waals surface area contributed by atoms with Crippen LogP contribution in [0.3, 0.4) is 0 Å². The van der Waals surface area contributed by atoms with Crippen molar-refractivity contribution in [3.8, 4) is 0 Å². The number of nitrogens with zero attached hydrogens (tertiary/aromatic N) is 1. The van der Waals surface area contributed by atoms with E-state index in [9.17, 15) is 19.5 Å². The van der Waals surface area contributed by atoms with Crippen LogP contribution in [0.5, 0.6) is 0 Å². The first-order valence-corrected chi connectivity index (χ1v) is 15.4. The zero-order valence-electron chi connectivity index (χ0n) is 22.7. The summed E-state index contributed by atoms with van der Waals surface area (Å²) >= 11 is 5.41. The number of carbonyl (C=O) groups excluding carboxylic acids is 3. The second-order valence-electron chi connectivity index (χ2n) is 11.5. The van der Waals surface area contributed by atoms with Gasteiger partial charge in [0.15, 0.2) is 0 Å². The van der Waals surface area contributed by atoms with E-state index in [1.807, 2.05) is 76.2 Å². The molecule has 3 aliphatic heterocycles. The number of halogens is 1. The molecule has 5 rings (SSSR count). The van der Waals surface area contributed by atoms with Crippen molar-refractivity contribution in [2.24, 2.45) is 17.8 Å². The highest BCUT2D eigenvalue weighted by molar-refractivity contribution is 9.09. The number of carbonyl (C=O) groups is 3. The lowest BCUT2D eigenvalue weighted by molar-refractivity contribution is -0.141. The van der Waals surface area contributed by atoms with Crippen molar-refractivity contribution >= 4 is 56.8 Å². The van der Waals surface area contributed by atoms with E-state index in [4.69, 9.17) is 0 Å². The first kappa shape index (κ1) is 28.2. The zero-order valence-corrected chi connectivity index (χ0v) is 25.1. The molecule has 3 heterocycles. The summed E-state index contributed by atoms with van der Waals surface area (Å²) in [6.45, 7) is 7.75. The van der Waals surface area contributed by atoms with Crippen LogP contribution in [0.15, 0.2) is 48.5 Å². The fourth-order valence-electron chi connectivity index (χ4n) is 6.70. The number of aliphatic hydroxyl groups excluding tert-OH is 1. The van der Waals surface area contributed by atoms with Gasteiger partial charge >= 0.3 is 0 Å². The van der Waals surface area contributed by atoms with Crippen LogP contribution in [0, 0.1) is 31.6 Å². The lowest BCUT2D eigenvalue weighted by Crippen LogP contribution is -2.55. The maximum Gasteiger partial charge on any atom is 0.248 e. The minimum atomic E-state index is -0.810. The summed E-state index contributed by atoms with van der Waals surface area (Å²) in [5.74, 6) is -1.72. The standard InChI is InChI=1S/C30H36BrN3O4S/c1-16(2)12-20(15-35)34-26(28(37)33-22-13-17(3)10-11-18(22)4)30-14-21(31)25(39-30)23(24(30)29(34)38)27(36)32-19-8-6-5-7-9-19/h5-11,13,16,20-21,23-26,35H,12,14-15H2,1-4H3,(H,32,36)(H,33,37)/t20-,21?,23+,24+,25+,26?,30?/m1/s1. The Morgan fingerprint density at radius 3 is 2.51 bits per heavy atom. The lowest BCUT2D eigenvalue weighted by Gasteiger charge is -2.38. The molecule has 39 heavy (non-hydrogen) atoms. The molecule has 0 aromatic heterocycles. The Morgan fingerprint density at radius 1 is 1.13 bits per heavy atom. The molecule has 3 N–H and O–H groups in total. The third kappa shape index (κ3) is 4.91. The van der Waals surface area contributed by atoms with Crippen molar-refractivity contribution in [3.05, 3.63) is 59.7 Å². The zero-order chi connectivity index (χ0) is 28.1. The van der Waals surface area contributed by atoms with E-state index in [0.717, 1.165) is 11.1 Å². The lowest BCUT2D eigenvalue weighted by atomic mass is 9.70. The molecule has 0 radical (unpaired) electrons. The Labute approximate surface area is 242 Å². The first-order valence-electron chi connectivity index (χ1n) is 13.6. The van der Waals surface area contributed by atoms with Crippen LogP contribution in [0.2, 0.25) is 0 Å². The molecule has 3 unspecified atom stereocenters. The van der Waals surface area contributed by atoms with Crippen molar-refractivity contribution in [2.75, 3.05) is 17.2 Å². The fraction of sp³-hybridized carbons (Fsp3) is 0.500. The van der Waals surface area contributed by atoms with Crippen molar-refractivity contribution < 1.29 is 19.5 Å². The quantitative estimate of drug-likeness (QED) is 0.373. The molecule has 7 atom stereocenters. The fourth-order valence-corrected chi connectivity index (χ4v) is 10.3. The number of alkyl halides is 1. The van der Waals surface area contributed by atoms with Gasteiger partial charge in [-0.25, -0.2) is 0 Å². The van der Waals surface area contributed by atoms with Crippen molar-refractivity contribution in [2.45, 2.75) is 67.4 Å². The number of anilines is 2. The van der Waals surface area contributed by atoms with Gasteiger partial charge in [-0.1, -0.05) is 60.1 Å².